The number of unbranched alkanes of at least 4 members (excludes halogenated alkanes) is 1. The number of rotatable bonds is 16. The predicted molar refractivity (Wildman–Crippen MR) is 167 cm³/mol. The van der Waals surface area contributed by atoms with Crippen molar-refractivity contribution in [1.82, 2.24) is 15.5 Å². The van der Waals surface area contributed by atoms with Gasteiger partial charge in [0, 0.05) is 22.7 Å². The Morgan fingerprint density at radius 3 is 2.24 bits per heavy atom. The van der Waals surface area contributed by atoms with Crippen LogP contribution in [0.15, 0.2) is 78.5 Å². The number of primary amides is 1. The summed E-state index contributed by atoms with van der Waals surface area (Å²) in [4.78, 5) is 21.3. The van der Waals surface area contributed by atoms with Gasteiger partial charge in [-0.15, -0.1) is 0 Å². The first-order valence-corrected chi connectivity index (χ1v) is 15.0. The zero-order chi connectivity index (χ0) is 29.9. The highest BCUT2D eigenvalue weighted by molar-refractivity contribution is 6.30. The molecule has 1 unspecified atom stereocenters. The van der Waals surface area contributed by atoms with E-state index < -0.39 is 11.9 Å². The van der Waals surface area contributed by atoms with Crippen LogP contribution in [-0.2, 0) is 9.63 Å². The molecule has 1 atom stereocenters. The normalized spacial score (nSPS) is 15.2. The molecule has 3 N–H and O–H groups in total. The molecule has 0 radical (unpaired) electrons. The van der Waals surface area contributed by atoms with Crippen LogP contribution in [0.3, 0.4) is 0 Å². The summed E-state index contributed by atoms with van der Waals surface area (Å²) < 4.78 is 12.3. The summed E-state index contributed by atoms with van der Waals surface area (Å²) in [5.41, 5.74) is 11.7. The molecule has 0 saturated carbocycles. The molecule has 3 aromatic carbocycles. The largest absolute Gasteiger partial charge is 0.493 e. The molecule has 0 aromatic heterocycles. The second kappa shape index (κ2) is 15.6. The summed E-state index contributed by atoms with van der Waals surface area (Å²) in [7, 11) is 0. The molecule has 42 heavy (non-hydrogen) atoms. The van der Waals surface area contributed by atoms with Gasteiger partial charge in [-0.25, -0.2) is 0 Å². The number of para-hydroxylation sites is 1. The predicted octanol–water partition coefficient (Wildman–Crippen LogP) is 6.73. The number of halogens is 1. The van der Waals surface area contributed by atoms with E-state index in [9.17, 15) is 4.79 Å². The van der Waals surface area contributed by atoms with Gasteiger partial charge in [0.25, 0.3) is 5.91 Å². The number of carbonyl (C=O) groups is 1. The van der Waals surface area contributed by atoms with Gasteiger partial charge in [0.05, 0.1) is 13.2 Å². The molecule has 1 aliphatic heterocycles. The van der Waals surface area contributed by atoms with Crippen molar-refractivity contribution in [2.75, 3.05) is 32.8 Å². The molecule has 3 aromatic rings. The number of hydroxylamine groups is 1. The number of benzene rings is 3. The van der Waals surface area contributed by atoms with E-state index >= 15 is 0 Å². The maximum atomic E-state index is 12.8. The van der Waals surface area contributed by atoms with E-state index in [4.69, 9.17) is 31.6 Å². The number of nitrogens with one attached hydrogen (secondary N) is 1. The van der Waals surface area contributed by atoms with Crippen molar-refractivity contribution < 1.29 is 19.1 Å². The second-order valence-corrected chi connectivity index (χ2v) is 10.5. The van der Waals surface area contributed by atoms with Crippen LogP contribution in [0.25, 0.3) is 5.57 Å². The summed E-state index contributed by atoms with van der Waals surface area (Å²) in [5, 5.41) is 2.27. The van der Waals surface area contributed by atoms with Gasteiger partial charge in [-0.2, -0.15) is 0 Å². The Kier molecular flexibility index (Phi) is 11.7. The van der Waals surface area contributed by atoms with Crippen molar-refractivity contribution in [3.8, 4) is 17.2 Å². The molecule has 224 valence electrons. The lowest BCUT2D eigenvalue weighted by Gasteiger charge is -2.26. The minimum absolute atomic E-state index is 0.275. The van der Waals surface area contributed by atoms with Crippen LogP contribution in [0.1, 0.15) is 57.2 Å². The number of hydrogen-bond donors (Lipinski definition) is 2. The fraction of sp³-hybridized carbons (Fsp3) is 0.364. The third kappa shape index (κ3) is 8.04. The van der Waals surface area contributed by atoms with E-state index in [2.05, 4.69) is 31.1 Å². The summed E-state index contributed by atoms with van der Waals surface area (Å²) in [6.07, 6.45) is 2.73. The van der Waals surface area contributed by atoms with Gasteiger partial charge in [-0.1, -0.05) is 74.3 Å². The van der Waals surface area contributed by atoms with Gasteiger partial charge in [0.15, 0.2) is 0 Å². The Hall–Kier alpha value is -3.56. The summed E-state index contributed by atoms with van der Waals surface area (Å²) in [6, 6.07) is 22.2. The summed E-state index contributed by atoms with van der Waals surface area (Å²) in [6.45, 7) is 10.4. The van der Waals surface area contributed by atoms with Crippen LogP contribution in [0.2, 0.25) is 5.02 Å². The molecule has 0 saturated heterocycles. The van der Waals surface area contributed by atoms with Crippen LogP contribution < -0.4 is 20.6 Å². The molecule has 4 rings (SSSR count). The molecule has 0 fully saturated rings. The second-order valence-electron chi connectivity index (χ2n) is 10.0. The van der Waals surface area contributed by atoms with E-state index in [0.29, 0.717) is 41.1 Å². The van der Waals surface area contributed by atoms with E-state index in [0.717, 1.165) is 50.0 Å². The average molecular weight is 593 g/mol. The number of amides is 1. The maximum Gasteiger partial charge on any atom is 0.266 e. The fourth-order valence-corrected chi connectivity index (χ4v) is 4.98. The minimum Gasteiger partial charge on any atom is -0.493 e. The summed E-state index contributed by atoms with van der Waals surface area (Å²) >= 11 is 6.01. The Bertz CT molecular complexity index is 1330. The molecule has 1 amide bonds. The van der Waals surface area contributed by atoms with Gasteiger partial charge < -0.3 is 20.1 Å². The van der Waals surface area contributed by atoms with Crippen LogP contribution in [0.5, 0.6) is 17.2 Å². The smallest absolute Gasteiger partial charge is 0.266 e. The van der Waals surface area contributed by atoms with Crippen LogP contribution in [0.4, 0.5) is 0 Å². The van der Waals surface area contributed by atoms with Gasteiger partial charge in [-0.3, -0.25) is 15.1 Å². The van der Waals surface area contributed by atoms with Gasteiger partial charge in [0.2, 0.25) is 0 Å². The molecule has 1 aliphatic rings. The van der Waals surface area contributed by atoms with Crippen molar-refractivity contribution in [3.63, 3.8) is 0 Å². The number of hydrazine groups is 1. The molecular weight excluding hydrogens is 552 g/mol. The molecule has 9 heteroatoms. The lowest BCUT2D eigenvalue weighted by molar-refractivity contribution is -0.199. The van der Waals surface area contributed by atoms with E-state index in [1.54, 1.807) is 17.3 Å². The van der Waals surface area contributed by atoms with Crippen molar-refractivity contribution in [2.24, 2.45) is 5.73 Å². The monoisotopic (exact) mass is 592 g/mol. The van der Waals surface area contributed by atoms with Gasteiger partial charge in [-0.05, 0) is 74.0 Å². The molecule has 8 nitrogen and oxygen atoms in total. The zero-order valence-electron chi connectivity index (χ0n) is 24.6. The van der Waals surface area contributed by atoms with E-state index in [1.165, 1.54) is 0 Å². The highest BCUT2D eigenvalue weighted by atomic mass is 35.5. The SMILES string of the molecule is CCCCON1NC(C(N)=O)=C(c2ccccc2OCCCN(CC)CC)C1c1ccc(Oc2ccc(Cl)cc2)cc1. The van der Waals surface area contributed by atoms with Crippen molar-refractivity contribution in [2.45, 2.75) is 46.1 Å². The molecule has 0 bridgehead atoms. The molecular formula is C33H41ClN4O4. The highest BCUT2D eigenvalue weighted by Gasteiger charge is 2.39. The Morgan fingerprint density at radius 2 is 1.60 bits per heavy atom. The quantitative estimate of drug-likeness (QED) is 0.178. The number of nitrogens with zero attached hydrogens (tertiary/aromatic N) is 2. The lowest BCUT2D eigenvalue weighted by Crippen LogP contribution is -2.37. The minimum atomic E-state index is -0.574. The van der Waals surface area contributed by atoms with Crippen LogP contribution in [0, 0.1) is 0 Å². The first-order chi connectivity index (χ1) is 20.4. The third-order valence-electron chi connectivity index (χ3n) is 7.17. The maximum absolute atomic E-state index is 12.8. The highest BCUT2D eigenvalue weighted by Crippen LogP contribution is 2.44. The fourth-order valence-electron chi connectivity index (χ4n) is 4.86. The number of hydrogen-bond acceptors (Lipinski definition) is 7. The van der Waals surface area contributed by atoms with Crippen LogP contribution in [-0.4, -0.2) is 48.8 Å². The number of ether oxygens (including phenoxy) is 2. The molecule has 0 aliphatic carbocycles. The number of carbonyl (C=O) groups excluding carboxylic acids is 1. The average Bonchev–Trinajstić information content (AvgIpc) is 3.39. The van der Waals surface area contributed by atoms with Crippen molar-refractivity contribution in [3.05, 3.63) is 94.6 Å². The van der Waals surface area contributed by atoms with Crippen molar-refractivity contribution >= 4 is 23.1 Å². The van der Waals surface area contributed by atoms with E-state index in [1.807, 2.05) is 60.7 Å². The Morgan fingerprint density at radius 1 is 0.929 bits per heavy atom. The Balaban J connectivity index is 1.65. The van der Waals surface area contributed by atoms with Gasteiger partial charge in [0.1, 0.15) is 29.0 Å². The lowest BCUT2D eigenvalue weighted by atomic mass is 9.91. The standard InChI is InChI=1S/C33H41ClN4O4/c1-4-7-23-41-38-32(24-13-17-26(18-14-24)42-27-19-15-25(34)16-20-27)30(31(36-38)33(35)39)28-11-8-9-12-29(28)40-22-10-21-37(5-2)6-3/h8-9,11-20,32,36H,4-7,10,21-23H2,1-3H3,(H2,35,39). The molecule has 0 spiro atoms. The first-order valence-electron chi connectivity index (χ1n) is 14.7. The van der Waals surface area contributed by atoms with E-state index in [-0.39, 0.29) is 5.70 Å². The topological polar surface area (TPSA) is 89.3 Å². The Labute approximate surface area is 253 Å². The zero-order valence-corrected chi connectivity index (χ0v) is 25.4. The first kappa shape index (κ1) is 31.4. The van der Waals surface area contributed by atoms with Gasteiger partial charge >= 0.3 is 0 Å². The summed E-state index contributed by atoms with van der Waals surface area (Å²) in [5.74, 6) is 1.47. The third-order valence-corrected chi connectivity index (χ3v) is 7.42. The molecule has 1 heterocycles. The van der Waals surface area contributed by atoms with Crippen molar-refractivity contribution in [1.29, 1.82) is 0 Å². The number of nitrogens with two attached hydrogens (primary N) is 1. The van der Waals surface area contributed by atoms with Crippen LogP contribution >= 0.6 is 11.6 Å².